The van der Waals surface area contributed by atoms with Crippen LogP contribution >= 0.6 is 0 Å². The van der Waals surface area contributed by atoms with Crippen LogP contribution in [-0.4, -0.2) is 27.3 Å². The third kappa shape index (κ3) is 6.76. The van der Waals surface area contributed by atoms with Crippen LogP contribution in [0, 0.1) is 0 Å². The molecule has 0 saturated carbocycles. The smallest absolute Gasteiger partial charge is 0.416 e. The molecule has 0 aliphatic heterocycles. The average molecular weight is 488 g/mol. The van der Waals surface area contributed by atoms with Crippen LogP contribution in [0.3, 0.4) is 0 Å². The quantitative estimate of drug-likeness (QED) is 0.361. The highest BCUT2D eigenvalue weighted by Crippen LogP contribution is 2.33. The van der Waals surface area contributed by atoms with Gasteiger partial charge in [-0.2, -0.15) is 13.2 Å². The highest BCUT2D eigenvalue weighted by atomic mass is 19.4. The van der Waals surface area contributed by atoms with Crippen molar-refractivity contribution in [2.45, 2.75) is 31.1 Å². The number of esters is 1. The minimum absolute atomic E-state index is 0.346. The zero-order valence-corrected chi connectivity index (χ0v) is 19.8. The number of hydrogen-bond acceptors (Lipinski definition) is 5. The molecule has 0 fully saturated rings. The summed E-state index contributed by atoms with van der Waals surface area (Å²) >= 11 is 0. The Labute approximate surface area is 202 Å². The Morgan fingerprint density at radius 2 is 1.51 bits per heavy atom. The van der Waals surface area contributed by atoms with Gasteiger partial charge in [-0.15, -0.1) is 0 Å². The van der Waals surface area contributed by atoms with Gasteiger partial charge in [0.25, 0.3) is 0 Å². The summed E-state index contributed by atoms with van der Waals surface area (Å²) in [5, 5.41) is 3.38. The van der Waals surface area contributed by atoms with Gasteiger partial charge in [-0.3, -0.25) is 5.32 Å². The summed E-state index contributed by atoms with van der Waals surface area (Å²) in [6.07, 6.45) is -3.40. The molecule has 0 amide bonds. The molecule has 0 aromatic heterocycles. The molecule has 0 radical (unpaired) electrons. The van der Waals surface area contributed by atoms with E-state index in [1.165, 1.54) is 26.4 Å². The van der Waals surface area contributed by atoms with E-state index in [2.05, 4.69) is 5.32 Å². The summed E-state index contributed by atoms with van der Waals surface area (Å²) in [6.45, 7) is 0. The number of methoxy groups -OCH3 is 3. The van der Waals surface area contributed by atoms with Gasteiger partial charge in [-0.1, -0.05) is 48.5 Å². The number of aryl methyl sites for hydroxylation is 1. The van der Waals surface area contributed by atoms with Crippen LogP contribution < -0.4 is 14.8 Å². The molecule has 0 spiro atoms. The predicted octanol–water partition coefficient (Wildman–Crippen LogP) is 5.90. The normalized spacial score (nSPS) is 13.1. The fourth-order valence-corrected chi connectivity index (χ4v) is 3.85. The van der Waals surface area contributed by atoms with Gasteiger partial charge >= 0.3 is 12.1 Å². The topological polar surface area (TPSA) is 56.8 Å². The molecule has 0 bridgehead atoms. The highest BCUT2D eigenvalue weighted by Gasteiger charge is 2.30. The molecule has 5 nitrogen and oxygen atoms in total. The van der Waals surface area contributed by atoms with Crippen molar-refractivity contribution in [2.75, 3.05) is 21.3 Å². The maximum absolute atomic E-state index is 12.9. The van der Waals surface area contributed by atoms with Crippen molar-refractivity contribution in [2.24, 2.45) is 0 Å². The van der Waals surface area contributed by atoms with Gasteiger partial charge in [-0.05, 0) is 53.8 Å². The van der Waals surface area contributed by atoms with Crippen LogP contribution in [0.25, 0.3) is 0 Å². The largest absolute Gasteiger partial charge is 0.493 e. The first kappa shape index (κ1) is 26.1. The van der Waals surface area contributed by atoms with Gasteiger partial charge in [0.2, 0.25) is 0 Å². The molecule has 35 heavy (non-hydrogen) atoms. The molecule has 0 saturated heterocycles. The Bertz CT molecular complexity index is 1100. The summed E-state index contributed by atoms with van der Waals surface area (Å²) in [7, 11) is 4.40. The lowest BCUT2D eigenvalue weighted by Gasteiger charge is -2.26. The van der Waals surface area contributed by atoms with Crippen molar-refractivity contribution < 1.29 is 32.2 Å². The third-order valence-corrected chi connectivity index (χ3v) is 5.75. The highest BCUT2D eigenvalue weighted by molar-refractivity contribution is 5.77. The maximum atomic E-state index is 12.9. The van der Waals surface area contributed by atoms with Gasteiger partial charge in [-0.25, -0.2) is 4.79 Å². The van der Waals surface area contributed by atoms with E-state index < -0.39 is 23.8 Å². The minimum Gasteiger partial charge on any atom is -0.493 e. The first-order valence-corrected chi connectivity index (χ1v) is 11.0. The zero-order chi connectivity index (χ0) is 25.4. The van der Waals surface area contributed by atoms with Crippen molar-refractivity contribution in [1.82, 2.24) is 5.32 Å². The van der Waals surface area contributed by atoms with Crippen LogP contribution in [0.15, 0.2) is 72.8 Å². The molecule has 1 unspecified atom stereocenters. The van der Waals surface area contributed by atoms with E-state index >= 15 is 0 Å². The van der Waals surface area contributed by atoms with E-state index in [9.17, 15) is 18.0 Å². The van der Waals surface area contributed by atoms with Gasteiger partial charge in [0, 0.05) is 6.04 Å². The van der Waals surface area contributed by atoms with Crippen molar-refractivity contribution >= 4 is 5.97 Å². The number of benzene rings is 3. The van der Waals surface area contributed by atoms with E-state index in [4.69, 9.17) is 14.2 Å². The molecule has 8 heteroatoms. The number of nitrogens with one attached hydrogen (secondary N) is 1. The van der Waals surface area contributed by atoms with Gasteiger partial charge in [0.05, 0.1) is 26.9 Å². The molecule has 3 aromatic rings. The second-order valence-electron chi connectivity index (χ2n) is 7.93. The number of halogens is 3. The van der Waals surface area contributed by atoms with Crippen LogP contribution in [0.2, 0.25) is 0 Å². The fraction of sp³-hybridized carbons (Fsp3) is 0.296. The summed E-state index contributed by atoms with van der Waals surface area (Å²) < 4.78 is 54.6. The molecule has 186 valence electrons. The lowest BCUT2D eigenvalue weighted by atomic mass is 9.96. The Kier molecular flexibility index (Phi) is 8.76. The van der Waals surface area contributed by atoms with Crippen LogP contribution in [0.4, 0.5) is 13.2 Å². The Hall–Kier alpha value is -3.52. The number of carbonyl (C=O) groups excluding carboxylic acids is 1. The summed E-state index contributed by atoms with van der Waals surface area (Å²) in [5.74, 6) is 0.641. The summed E-state index contributed by atoms with van der Waals surface area (Å²) in [6, 6.07) is 18.7. The van der Waals surface area contributed by atoms with E-state index in [1.807, 2.05) is 42.5 Å². The molecule has 0 aliphatic carbocycles. The number of carbonyl (C=O) groups is 1. The maximum Gasteiger partial charge on any atom is 0.416 e. The second kappa shape index (κ2) is 11.8. The van der Waals surface area contributed by atoms with Gasteiger partial charge < -0.3 is 14.2 Å². The minimum atomic E-state index is -4.38. The Morgan fingerprint density at radius 1 is 0.857 bits per heavy atom. The van der Waals surface area contributed by atoms with Gasteiger partial charge in [0.15, 0.2) is 11.5 Å². The van der Waals surface area contributed by atoms with Crippen molar-refractivity contribution in [3.05, 3.63) is 95.1 Å². The zero-order valence-electron chi connectivity index (χ0n) is 19.8. The summed E-state index contributed by atoms with van der Waals surface area (Å²) in [4.78, 5) is 12.7. The molecule has 1 N–H and O–H groups in total. The predicted molar refractivity (Wildman–Crippen MR) is 126 cm³/mol. The van der Waals surface area contributed by atoms with Crippen LogP contribution in [0.5, 0.6) is 11.5 Å². The Morgan fingerprint density at radius 3 is 2.09 bits per heavy atom. The lowest BCUT2D eigenvalue weighted by molar-refractivity contribution is -0.143. The fourth-order valence-electron chi connectivity index (χ4n) is 3.85. The van der Waals surface area contributed by atoms with Crippen molar-refractivity contribution in [3.63, 3.8) is 0 Å². The monoisotopic (exact) mass is 487 g/mol. The van der Waals surface area contributed by atoms with E-state index in [0.717, 1.165) is 28.8 Å². The average Bonchev–Trinajstić information content (AvgIpc) is 2.88. The number of alkyl halides is 3. The number of rotatable bonds is 10. The standard InChI is InChI=1S/C27H28F3NO4/c1-33-23-16-12-20(17-24(23)34-2)22(15-11-18-9-13-21(14-10-18)27(28,29)30)31-25(26(32)35-3)19-7-5-4-6-8-19/h4-10,12-14,16-17,22,25,31H,11,15H2,1-3H3/t22?,25-/m0/s1. The second-order valence-corrected chi connectivity index (χ2v) is 7.93. The molecular weight excluding hydrogens is 459 g/mol. The van der Waals surface area contributed by atoms with E-state index in [-0.39, 0.29) is 6.04 Å². The molecule has 0 heterocycles. The molecule has 0 aliphatic rings. The molecule has 3 rings (SSSR count). The van der Waals surface area contributed by atoms with Gasteiger partial charge in [0.1, 0.15) is 6.04 Å². The lowest BCUT2D eigenvalue weighted by Crippen LogP contribution is -2.33. The van der Waals surface area contributed by atoms with Crippen LogP contribution in [0.1, 0.15) is 40.8 Å². The van der Waals surface area contributed by atoms with Crippen molar-refractivity contribution in [1.29, 1.82) is 0 Å². The Balaban J connectivity index is 1.91. The molecule has 3 aromatic carbocycles. The third-order valence-electron chi connectivity index (χ3n) is 5.75. The van der Waals surface area contributed by atoms with E-state index in [1.54, 1.807) is 13.2 Å². The first-order valence-electron chi connectivity index (χ1n) is 11.0. The SMILES string of the molecule is COC(=O)[C@@H](NC(CCc1ccc(C(F)(F)F)cc1)c1ccc(OC)c(OC)c1)c1ccccc1. The van der Waals surface area contributed by atoms with Crippen LogP contribution in [-0.2, 0) is 22.1 Å². The number of hydrogen-bond donors (Lipinski definition) is 1. The first-order chi connectivity index (χ1) is 16.8. The van der Waals surface area contributed by atoms with Crippen molar-refractivity contribution in [3.8, 4) is 11.5 Å². The molecular formula is C27H28F3NO4. The molecule has 2 atom stereocenters. The number of ether oxygens (including phenoxy) is 3. The van der Waals surface area contributed by atoms with E-state index in [0.29, 0.717) is 24.3 Å². The summed E-state index contributed by atoms with van der Waals surface area (Å²) in [5.41, 5.74) is 1.63.